The fourth-order valence-electron chi connectivity index (χ4n) is 1.74. The van der Waals surface area contributed by atoms with Crippen LogP contribution in [-0.4, -0.2) is 25.6 Å². The van der Waals surface area contributed by atoms with Crippen LogP contribution in [0.4, 0.5) is 5.69 Å². The number of rotatable bonds is 5. The van der Waals surface area contributed by atoms with E-state index < -0.39 is 0 Å². The van der Waals surface area contributed by atoms with Crippen LogP contribution >= 0.6 is 0 Å². The quantitative estimate of drug-likeness (QED) is 0.856. The van der Waals surface area contributed by atoms with Crippen molar-refractivity contribution in [2.24, 2.45) is 13.0 Å². The van der Waals surface area contributed by atoms with Crippen molar-refractivity contribution < 1.29 is 0 Å². The number of anilines is 1. The molecule has 17 heavy (non-hydrogen) atoms. The number of nitrogens with one attached hydrogen (secondary N) is 1. The first-order valence-electron chi connectivity index (χ1n) is 5.88. The van der Waals surface area contributed by atoms with E-state index in [1.54, 1.807) is 4.68 Å². The molecular weight excluding hydrogens is 214 g/mol. The number of nitrogens with zero attached hydrogens (tertiary/aromatic N) is 4. The minimum absolute atomic E-state index is 0.346. The molecule has 0 aliphatic heterocycles. The third-order valence-electron chi connectivity index (χ3n) is 2.80. The van der Waals surface area contributed by atoms with Crippen LogP contribution < -0.4 is 5.32 Å². The Morgan fingerprint density at radius 1 is 1.35 bits per heavy atom. The number of hydrogen-bond acceptors (Lipinski definition) is 3. The summed E-state index contributed by atoms with van der Waals surface area (Å²) in [7, 11) is 1.92. The zero-order valence-electron chi connectivity index (χ0n) is 10.5. The summed E-state index contributed by atoms with van der Waals surface area (Å²) in [6.07, 6.45) is 7.62. The van der Waals surface area contributed by atoms with Crippen molar-refractivity contribution in [1.82, 2.24) is 19.6 Å². The summed E-state index contributed by atoms with van der Waals surface area (Å²) in [6.45, 7) is 5.27. The van der Waals surface area contributed by atoms with E-state index in [9.17, 15) is 0 Å². The summed E-state index contributed by atoms with van der Waals surface area (Å²) in [4.78, 5) is 0. The zero-order chi connectivity index (χ0) is 12.3. The monoisotopic (exact) mass is 233 g/mol. The Labute approximate surface area is 101 Å². The van der Waals surface area contributed by atoms with Crippen LogP contribution in [0.5, 0.6) is 0 Å². The first-order valence-corrected chi connectivity index (χ1v) is 5.88. The number of hydrogen-bond donors (Lipinski definition) is 1. The lowest BCUT2D eigenvalue weighted by atomic mass is 10.0. The highest BCUT2D eigenvalue weighted by molar-refractivity contribution is 5.39. The Bertz CT molecular complexity index is 443. The van der Waals surface area contributed by atoms with Gasteiger partial charge in [0.25, 0.3) is 0 Å². The van der Waals surface area contributed by atoms with Crippen LogP contribution in [0.2, 0.25) is 0 Å². The van der Waals surface area contributed by atoms with Crippen LogP contribution in [0, 0.1) is 5.92 Å². The molecular formula is C12H19N5. The van der Waals surface area contributed by atoms with E-state index in [1.165, 1.54) is 0 Å². The zero-order valence-corrected chi connectivity index (χ0v) is 10.5. The minimum atomic E-state index is 0.346. The second kappa shape index (κ2) is 5.03. The normalized spacial score (nSPS) is 12.9. The Morgan fingerprint density at radius 2 is 2.18 bits per heavy atom. The summed E-state index contributed by atoms with van der Waals surface area (Å²) in [5, 5.41) is 11.9. The summed E-state index contributed by atoms with van der Waals surface area (Å²) in [6, 6.07) is 2.29. The van der Waals surface area contributed by atoms with E-state index >= 15 is 0 Å². The molecule has 5 heteroatoms. The molecule has 92 valence electrons. The van der Waals surface area contributed by atoms with Gasteiger partial charge in [-0.25, -0.2) is 0 Å². The summed E-state index contributed by atoms with van der Waals surface area (Å²) >= 11 is 0. The first-order chi connectivity index (χ1) is 8.15. The van der Waals surface area contributed by atoms with Gasteiger partial charge in [0.1, 0.15) is 0 Å². The molecule has 2 aromatic rings. The highest BCUT2D eigenvalue weighted by Gasteiger charge is 2.14. The van der Waals surface area contributed by atoms with E-state index in [-0.39, 0.29) is 0 Å². The summed E-state index contributed by atoms with van der Waals surface area (Å²) in [5.41, 5.74) is 1.05. The van der Waals surface area contributed by atoms with E-state index in [2.05, 4.69) is 29.4 Å². The molecule has 2 heterocycles. The SMILES string of the molecule is CC(C)C(Cn1cccn1)Nc1cnn(C)c1. The standard InChI is InChI=1S/C12H19N5/c1-10(2)12(9-17-6-4-5-13-17)15-11-7-14-16(3)8-11/h4-8,10,12,15H,9H2,1-3H3. The topological polar surface area (TPSA) is 47.7 Å². The van der Waals surface area contributed by atoms with Gasteiger partial charge in [0.15, 0.2) is 0 Å². The molecule has 0 aliphatic carbocycles. The smallest absolute Gasteiger partial charge is 0.0729 e. The van der Waals surface area contributed by atoms with Crippen LogP contribution in [0.25, 0.3) is 0 Å². The highest BCUT2D eigenvalue weighted by atomic mass is 15.3. The fourth-order valence-corrected chi connectivity index (χ4v) is 1.74. The van der Waals surface area contributed by atoms with E-state index in [1.807, 2.05) is 42.6 Å². The van der Waals surface area contributed by atoms with Gasteiger partial charge in [0.2, 0.25) is 0 Å². The van der Waals surface area contributed by atoms with Crippen molar-refractivity contribution >= 4 is 5.69 Å². The minimum Gasteiger partial charge on any atom is -0.378 e. The summed E-state index contributed by atoms with van der Waals surface area (Å²) in [5.74, 6) is 0.527. The van der Waals surface area contributed by atoms with Crippen molar-refractivity contribution in [2.45, 2.75) is 26.4 Å². The molecule has 1 unspecified atom stereocenters. The predicted octanol–water partition coefficient (Wildman–Crippen LogP) is 1.75. The van der Waals surface area contributed by atoms with Gasteiger partial charge in [-0.1, -0.05) is 13.8 Å². The molecule has 1 atom stereocenters. The number of aromatic nitrogens is 4. The molecule has 0 radical (unpaired) electrons. The predicted molar refractivity (Wildman–Crippen MR) is 67.7 cm³/mol. The lowest BCUT2D eigenvalue weighted by Gasteiger charge is -2.22. The van der Waals surface area contributed by atoms with Crippen molar-refractivity contribution in [2.75, 3.05) is 5.32 Å². The Kier molecular flexibility index (Phi) is 3.46. The average Bonchev–Trinajstić information content (AvgIpc) is 2.89. The van der Waals surface area contributed by atoms with Gasteiger partial charge < -0.3 is 5.32 Å². The largest absolute Gasteiger partial charge is 0.378 e. The van der Waals surface area contributed by atoms with Gasteiger partial charge in [-0.3, -0.25) is 9.36 Å². The third kappa shape index (κ3) is 3.09. The van der Waals surface area contributed by atoms with E-state index in [0.29, 0.717) is 12.0 Å². The molecule has 0 aliphatic rings. The van der Waals surface area contributed by atoms with Crippen LogP contribution in [-0.2, 0) is 13.6 Å². The van der Waals surface area contributed by atoms with E-state index in [4.69, 9.17) is 0 Å². The van der Waals surface area contributed by atoms with Gasteiger partial charge in [-0.2, -0.15) is 10.2 Å². The highest BCUT2D eigenvalue weighted by Crippen LogP contribution is 2.13. The molecule has 0 saturated heterocycles. The molecule has 0 saturated carbocycles. The molecule has 1 N–H and O–H groups in total. The Balaban J connectivity index is 2.02. The van der Waals surface area contributed by atoms with Crippen LogP contribution in [0.3, 0.4) is 0 Å². The van der Waals surface area contributed by atoms with Gasteiger partial charge in [-0.05, 0) is 12.0 Å². The van der Waals surface area contributed by atoms with Crippen molar-refractivity contribution in [1.29, 1.82) is 0 Å². The molecule has 2 aromatic heterocycles. The second-order valence-electron chi connectivity index (χ2n) is 4.63. The van der Waals surface area contributed by atoms with Gasteiger partial charge in [-0.15, -0.1) is 0 Å². The maximum atomic E-state index is 4.24. The van der Waals surface area contributed by atoms with Gasteiger partial charge >= 0.3 is 0 Å². The average molecular weight is 233 g/mol. The Hall–Kier alpha value is -1.78. The maximum Gasteiger partial charge on any atom is 0.0729 e. The molecule has 0 amide bonds. The van der Waals surface area contributed by atoms with Gasteiger partial charge in [0.05, 0.1) is 18.4 Å². The molecule has 0 bridgehead atoms. The first kappa shape index (κ1) is 11.7. The summed E-state index contributed by atoms with van der Waals surface area (Å²) < 4.78 is 3.75. The lowest BCUT2D eigenvalue weighted by Crippen LogP contribution is -2.30. The van der Waals surface area contributed by atoms with Crippen molar-refractivity contribution in [3.63, 3.8) is 0 Å². The molecule has 5 nitrogen and oxygen atoms in total. The molecule has 0 spiro atoms. The van der Waals surface area contributed by atoms with Crippen molar-refractivity contribution in [3.8, 4) is 0 Å². The maximum absolute atomic E-state index is 4.24. The number of aryl methyl sites for hydroxylation is 1. The molecule has 0 fully saturated rings. The fraction of sp³-hybridized carbons (Fsp3) is 0.500. The molecule has 0 aromatic carbocycles. The van der Waals surface area contributed by atoms with E-state index in [0.717, 1.165) is 12.2 Å². The van der Waals surface area contributed by atoms with Crippen LogP contribution in [0.1, 0.15) is 13.8 Å². The second-order valence-corrected chi connectivity index (χ2v) is 4.63. The van der Waals surface area contributed by atoms with Gasteiger partial charge in [0, 0.05) is 31.7 Å². The van der Waals surface area contributed by atoms with Crippen molar-refractivity contribution in [3.05, 3.63) is 30.9 Å². The Morgan fingerprint density at radius 3 is 2.71 bits per heavy atom. The van der Waals surface area contributed by atoms with Crippen LogP contribution in [0.15, 0.2) is 30.9 Å². The third-order valence-corrected chi connectivity index (χ3v) is 2.80. The molecule has 2 rings (SSSR count). The lowest BCUT2D eigenvalue weighted by molar-refractivity contribution is 0.438.